The first-order chi connectivity index (χ1) is 15.3. The summed E-state index contributed by atoms with van der Waals surface area (Å²) in [4.78, 5) is 49.6. The number of hydrogen-bond acceptors (Lipinski definition) is 7. The van der Waals surface area contributed by atoms with Gasteiger partial charge in [0.15, 0.2) is 6.04 Å². The summed E-state index contributed by atoms with van der Waals surface area (Å²) in [6.07, 6.45) is 0.912. The minimum atomic E-state index is -1.52. The Morgan fingerprint density at radius 2 is 1.30 bits per heavy atom. The van der Waals surface area contributed by atoms with Crippen molar-refractivity contribution >= 4 is 23.7 Å². The predicted octanol–water partition coefficient (Wildman–Crippen LogP) is -0.545. The number of nitrogens with one attached hydrogen (secondary N) is 3. The Hall–Kier alpha value is -2.24. The Balaban J connectivity index is 5.49. The Morgan fingerprint density at radius 1 is 0.788 bits per heavy atom. The molecular weight excluding hydrogens is 430 g/mol. The highest BCUT2D eigenvalue weighted by atomic mass is 16.4. The standard InChI is InChI=1S/C22H43N5O6/c1-12(2)10-15(24)19(29)25-16(8-6-7-9-23)20(30)26-17(11-13(3)4)21(31)27-18(14(5)28)22(32)33/h12-18,28H,6-11,23-24H2,1-5H3,(H,25,29)(H,26,30)(H,27,31)(H,32,33). The lowest BCUT2D eigenvalue weighted by Gasteiger charge is -2.26. The third kappa shape index (κ3) is 12.5. The number of carboxylic acid groups (broad SMARTS) is 1. The number of carbonyl (C=O) groups is 4. The van der Waals surface area contributed by atoms with Crippen molar-refractivity contribution in [3.8, 4) is 0 Å². The second kappa shape index (κ2) is 15.6. The van der Waals surface area contributed by atoms with Crippen LogP contribution in [0, 0.1) is 11.8 Å². The van der Waals surface area contributed by atoms with E-state index >= 15 is 0 Å². The minimum absolute atomic E-state index is 0.000577. The van der Waals surface area contributed by atoms with E-state index in [4.69, 9.17) is 11.5 Å². The molecule has 0 spiro atoms. The van der Waals surface area contributed by atoms with E-state index in [9.17, 15) is 29.4 Å². The largest absolute Gasteiger partial charge is 0.480 e. The molecule has 11 nitrogen and oxygen atoms in total. The quantitative estimate of drug-likeness (QED) is 0.145. The van der Waals surface area contributed by atoms with Crippen molar-refractivity contribution < 1.29 is 29.4 Å². The molecule has 33 heavy (non-hydrogen) atoms. The number of carboxylic acids is 1. The molecule has 192 valence electrons. The second-order valence-electron chi connectivity index (χ2n) is 9.34. The summed E-state index contributed by atoms with van der Waals surface area (Å²) in [5.41, 5.74) is 11.5. The second-order valence-corrected chi connectivity index (χ2v) is 9.34. The Morgan fingerprint density at radius 3 is 1.76 bits per heavy atom. The summed E-state index contributed by atoms with van der Waals surface area (Å²) < 4.78 is 0. The van der Waals surface area contributed by atoms with Crippen molar-refractivity contribution in [1.82, 2.24) is 16.0 Å². The van der Waals surface area contributed by atoms with Gasteiger partial charge in [-0.25, -0.2) is 4.79 Å². The van der Waals surface area contributed by atoms with Crippen LogP contribution in [0.15, 0.2) is 0 Å². The van der Waals surface area contributed by atoms with Crippen LogP contribution in [-0.4, -0.2) is 70.7 Å². The van der Waals surface area contributed by atoms with Crippen LogP contribution in [0.2, 0.25) is 0 Å². The van der Waals surface area contributed by atoms with E-state index in [1.54, 1.807) is 0 Å². The van der Waals surface area contributed by atoms with Crippen LogP contribution in [0.5, 0.6) is 0 Å². The molecule has 0 aliphatic carbocycles. The predicted molar refractivity (Wildman–Crippen MR) is 125 cm³/mol. The number of aliphatic carboxylic acids is 1. The molecule has 0 fully saturated rings. The van der Waals surface area contributed by atoms with Crippen LogP contribution in [0.4, 0.5) is 0 Å². The van der Waals surface area contributed by atoms with Gasteiger partial charge in [-0.2, -0.15) is 0 Å². The van der Waals surface area contributed by atoms with Gasteiger partial charge in [-0.05, 0) is 57.4 Å². The maximum absolute atomic E-state index is 13.0. The first-order valence-corrected chi connectivity index (χ1v) is 11.6. The zero-order valence-electron chi connectivity index (χ0n) is 20.5. The van der Waals surface area contributed by atoms with Crippen LogP contribution >= 0.6 is 0 Å². The Bertz CT molecular complexity index is 641. The fourth-order valence-corrected chi connectivity index (χ4v) is 3.27. The average Bonchev–Trinajstić information content (AvgIpc) is 2.68. The molecule has 0 aliphatic rings. The SMILES string of the molecule is CC(C)CC(N)C(=O)NC(CCCCN)C(=O)NC(CC(C)C)C(=O)NC(C(=O)O)C(C)O. The Kier molecular flexibility index (Phi) is 14.5. The number of aliphatic hydroxyl groups is 1. The molecule has 0 bridgehead atoms. The van der Waals surface area contributed by atoms with Gasteiger partial charge in [0.2, 0.25) is 17.7 Å². The first-order valence-electron chi connectivity index (χ1n) is 11.6. The molecule has 5 atom stereocenters. The van der Waals surface area contributed by atoms with E-state index in [1.165, 1.54) is 6.92 Å². The fourth-order valence-electron chi connectivity index (χ4n) is 3.27. The maximum Gasteiger partial charge on any atom is 0.328 e. The molecular formula is C22H43N5O6. The summed E-state index contributed by atoms with van der Waals surface area (Å²) in [6.45, 7) is 9.25. The van der Waals surface area contributed by atoms with E-state index in [0.717, 1.165) is 0 Å². The van der Waals surface area contributed by atoms with E-state index in [0.29, 0.717) is 32.2 Å². The zero-order chi connectivity index (χ0) is 25.7. The molecule has 0 aliphatic heterocycles. The van der Waals surface area contributed by atoms with Crippen LogP contribution < -0.4 is 27.4 Å². The molecule has 0 saturated carbocycles. The van der Waals surface area contributed by atoms with Gasteiger partial charge < -0.3 is 37.6 Å². The molecule has 0 rings (SSSR count). The number of hydrogen-bond donors (Lipinski definition) is 7. The van der Waals surface area contributed by atoms with Crippen LogP contribution in [0.3, 0.4) is 0 Å². The minimum Gasteiger partial charge on any atom is -0.480 e. The van der Waals surface area contributed by atoms with Gasteiger partial charge in [-0.15, -0.1) is 0 Å². The van der Waals surface area contributed by atoms with Crippen LogP contribution in [-0.2, 0) is 19.2 Å². The maximum atomic E-state index is 13.0. The number of nitrogens with two attached hydrogens (primary N) is 2. The fraction of sp³-hybridized carbons (Fsp3) is 0.818. The highest BCUT2D eigenvalue weighted by molar-refractivity contribution is 5.94. The molecule has 0 heterocycles. The lowest BCUT2D eigenvalue weighted by atomic mass is 10.0. The highest BCUT2D eigenvalue weighted by Crippen LogP contribution is 2.09. The molecule has 0 aromatic heterocycles. The lowest BCUT2D eigenvalue weighted by Crippen LogP contribution is -2.58. The summed E-state index contributed by atoms with van der Waals surface area (Å²) in [5.74, 6) is -2.94. The Labute approximate surface area is 196 Å². The molecule has 5 unspecified atom stereocenters. The molecule has 3 amide bonds. The van der Waals surface area contributed by atoms with Crippen molar-refractivity contribution in [2.24, 2.45) is 23.3 Å². The van der Waals surface area contributed by atoms with Crippen molar-refractivity contribution in [3.63, 3.8) is 0 Å². The first kappa shape index (κ1) is 30.8. The average molecular weight is 474 g/mol. The number of aliphatic hydroxyl groups excluding tert-OH is 1. The lowest BCUT2D eigenvalue weighted by molar-refractivity contribution is -0.145. The van der Waals surface area contributed by atoms with Gasteiger partial charge in [-0.3, -0.25) is 14.4 Å². The van der Waals surface area contributed by atoms with Crippen molar-refractivity contribution in [2.45, 2.75) is 97.0 Å². The van der Waals surface area contributed by atoms with Gasteiger partial charge in [-0.1, -0.05) is 27.7 Å². The van der Waals surface area contributed by atoms with Gasteiger partial charge >= 0.3 is 5.97 Å². The molecule has 9 N–H and O–H groups in total. The third-order valence-electron chi connectivity index (χ3n) is 5.03. The normalized spacial score (nSPS) is 15.9. The van der Waals surface area contributed by atoms with Gasteiger partial charge in [0, 0.05) is 0 Å². The van der Waals surface area contributed by atoms with Crippen molar-refractivity contribution in [3.05, 3.63) is 0 Å². The topological polar surface area (TPSA) is 197 Å². The van der Waals surface area contributed by atoms with Gasteiger partial charge in [0.05, 0.1) is 12.1 Å². The molecule has 11 heteroatoms. The van der Waals surface area contributed by atoms with Crippen molar-refractivity contribution in [1.29, 1.82) is 0 Å². The summed E-state index contributed by atoms with van der Waals surface area (Å²) in [7, 11) is 0. The van der Waals surface area contributed by atoms with Crippen molar-refractivity contribution in [2.75, 3.05) is 6.54 Å². The van der Waals surface area contributed by atoms with E-state index < -0.39 is 54.0 Å². The zero-order valence-corrected chi connectivity index (χ0v) is 20.5. The van der Waals surface area contributed by atoms with Gasteiger partial charge in [0.1, 0.15) is 12.1 Å². The summed E-state index contributed by atoms with van der Waals surface area (Å²) in [6, 6.07) is -4.25. The van der Waals surface area contributed by atoms with Gasteiger partial charge in [0.25, 0.3) is 0 Å². The highest BCUT2D eigenvalue weighted by Gasteiger charge is 2.32. The molecule has 0 aromatic carbocycles. The smallest absolute Gasteiger partial charge is 0.328 e. The molecule has 0 saturated heterocycles. The third-order valence-corrected chi connectivity index (χ3v) is 5.03. The monoisotopic (exact) mass is 473 g/mol. The number of amides is 3. The van der Waals surface area contributed by atoms with Crippen LogP contribution in [0.25, 0.3) is 0 Å². The van der Waals surface area contributed by atoms with Crippen LogP contribution in [0.1, 0.15) is 66.7 Å². The van der Waals surface area contributed by atoms with E-state index in [-0.39, 0.29) is 18.3 Å². The molecule has 0 radical (unpaired) electrons. The summed E-state index contributed by atoms with van der Waals surface area (Å²) in [5, 5.41) is 26.5. The number of rotatable bonds is 16. The molecule has 0 aromatic rings. The summed E-state index contributed by atoms with van der Waals surface area (Å²) >= 11 is 0. The number of unbranched alkanes of at least 4 members (excludes halogenated alkanes) is 1. The number of carbonyl (C=O) groups excluding carboxylic acids is 3. The van der Waals surface area contributed by atoms with E-state index in [2.05, 4.69) is 16.0 Å². The van der Waals surface area contributed by atoms with E-state index in [1.807, 2.05) is 27.7 Å².